The smallest absolute Gasteiger partial charge is 0.274 e. The third kappa shape index (κ3) is 5.80. The second kappa shape index (κ2) is 9.41. The lowest BCUT2D eigenvalue weighted by Crippen LogP contribution is -2.22. The minimum absolute atomic E-state index is 0.0341. The molecule has 0 radical (unpaired) electrons. The Morgan fingerprint density at radius 2 is 1.66 bits per heavy atom. The molecular formula is C20H16F4N2OS2. The third-order valence-electron chi connectivity index (χ3n) is 4.03. The van der Waals surface area contributed by atoms with E-state index in [1.807, 2.05) is 0 Å². The van der Waals surface area contributed by atoms with Gasteiger partial charge in [-0.3, -0.25) is 4.79 Å². The highest BCUT2D eigenvalue weighted by atomic mass is 32.2. The second-order valence-electron chi connectivity index (χ2n) is 6.11. The number of carbonyl (C=O) groups excluding carboxylic acids is 1. The first kappa shape index (κ1) is 21.3. The molecule has 0 spiro atoms. The fraction of sp³-hybridized carbons (Fsp3) is 0.200. The van der Waals surface area contributed by atoms with Gasteiger partial charge in [-0.1, -0.05) is 24.3 Å². The maximum Gasteiger partial charge on any atom is 0.274 e. The number of hydrogen-bond acceptors (Lipinski definition) is 4. The van der Waals surface area contributed by atoms with Gasteiger partial charge in [-0.2, -0.15) is 0 Å². The van der Waals surface area contributed by atoms with Gasteiger partial charge in [0.1, 0.15) is 21.5 Å². The number of benzene rings is 2. The van der Waals surface area contributed by atoms with Crippen molar-refractivity contribution in [1.82, 2.24) is 10.3 Å². The van der Waals surface area contributed by atoms with Gasteiger partial charge in [0.15, 0.2) is 0 Å². The van der Waals surface area contributed by atoms with Crippen LogP contribution in [0.15, 0.2) is 59.1 Å². The average molecular weight is 440 g/mol. The fourth-order valence-corrected chi connectivity index (χ4v) is 4.36. The first-order valence-corrected chi connectivity index (χ1v) is 10.4. The topological polar surface area (TPSA) is 42.0 Å². The molecule has 3 nitrogen and oxygen atoms in total. The molecule has 152 valence electrons. The van der Waals surface area contributed by atoms with Crippen molar-refractivity contribution >= 4 is 29.0 Å². The Labute approximate surface area is 173 Å². The molecule has 1 N–H and O–H groups in total. The van der Waals surface area contributed by atoms with Gasteiger partial charge in [-0.15, -0.1) is 23.1 Å². The van der Waals surface area contributed by atoms with Crippen LogP contribution in [0.25, 0.3) is 0 Å². The molecule has 0 aliphatic heterocycles. The zero-order chi connectivity index (χ0) is 20.9. The third-order valence-corrected chi connectivity index (χ3v) is 5.97. The largest absolute Gasteiger partial charge is 0.347 e. The lowest BCUT2D eigenvalue weighted by molar-refractivity contribution is -0.00707. The maximum absolute atomic E-state index is 14.3. The van der Waals surface area contributed by atoms with E-state index in [0.29, 0.717) is 9.90 Å². The first-order chi connectivity index (χ1) is 13.8. The molecule has 2 aromatic carbocycles. The molecule has 3 rings (SSSR count). The molecule has 0 aliphatic rings. The Hall–Kier alpha value is -2.39. The number of nitrogens with one attached hydrogen (secondary N) is 1. The van der Waals surface area contributed by atoms with E-state index in [2.05, 4.69) is 10.3 Å². The predicted molar refractivity (Wildman–Crippen MR) is 105 cm³/mol. The van der Waals surface area contributed by atoms with Crippen LogP contribution in [0, 0.1) is 11.6 Å². The molecule has 29 heavy (non-hydrogen) atoms. The van der Waals surface area contributed by atoms with E-state index < -0.39 is 18.2 Å². The van der Waals surface area contributed by atoms with Crippen molar-refractivity contribution in [2.24, 2.45) is 0 Å². The van der Waals surface area contributed by atoms with Crippen molar-refractivity contribution in [3.05, 3.63) is 81.7 Å². The molecule has 3 aromatic rings. The summed E-state index contributed by atoms with van der Waals surface area (Å²) in [5.41, 5.74) is 1.96. The number of hydrogen-bond donors (Lipinski definition) is 1. The van der Waals surface area contributed by atoms with Crippen LogP contribution in [-0.4, -0.2) is 16.6 Å². The van der Waals surface area contributed by atoms with Gasteiger partial charge in [0.05, 0.1) is 5.51 Å². The van der Waals surface area contributed by atoms with E-state index in [1.165, 1.54) is 17.6 Å². The molecule has 0 fully saturated rings. The number of amides is 1. The van der Waals surface area contributed by atoms with Gasteiger partial charge in [-0.05, 0) is 29.8 Å². The van der Waals surface area contributed by atoms with E-state index >= 15 is 0 Å². The van der Waals surface area contributed by atoms with Gasteiger partial charge in [-0.25, -0.2) is 22.5 Å². The summed E-state index contributed by atoms with van der Waals surface area (Å²) in [6.07, 6.45) is -0.475. The highest BCUT2D eigenvalue weighted by molar-refractivity contribution is 7.99. The molecule has 1 amide bonds. The van der Waals surface area contributed by atoms with Gasteiger partial charge >= 0.3 is 0 Å². The predicted octanol–water partition coefficient (Wildman–Crippen LogP) is 5.63. The SMILES string of the molecule is O=C(NCc1ccc(F)cc1)c1scnc1SCCC(F)(F)c1ccc(F)cc1. The number of aromatic nitrogens is 1. The van der Waals surface area contributed by atoms with Gasteiger partial charge in [0, 0.05) is 24.3 Å². The van der Waals surface area contributed by atoms with Gasteiger partial charge in [0.25, 0.3) is 11.8 Å². The van der Waals surface area contributed by atoms with Crippen molar-refractivity contribution in [2.45, 2.75) is 23.9 Å². The molecule has 0 unspecified atom stereocenters. The lowest BCUT2D eigenvalue weighted by atomic mass is 10.1. The molecule has 0 aliphatic carbocycles. The molecule has 0 saturated carbocycles. The summed E-state index contributed by atoms with van der Waals surface area (Å²) in [5.74, 6) is -4.38. The highest BCUT2D eigenvalue weighted by Crippen LogP contribution is 2.35. The minimum atomic E-state index is -3.11. The second-order valence-corrected chi connectivity index (χ2v) is 8.04. The first-order valence-electron chi connectivity index (χ1n) is 8.58. The highest BCUT2D eigenvalue weighted by Gasteiger charge is 2.31. The molecular weight excluding hydrogens is 424 g/mol. The average Bonchev–Trinajstić information content (AvgIpc) is 3.16. The van der Waals surface area contributed by atoms with Gasteiger partial charge in [0.2, 0.25) is 0 Å². The van der Waals surface area contributed by atoms with Crippen LogP contribution in [0.2, 0.25) is 0 Å². The Balaban J connectivity index is 1.54. The number of alkyl halides is 2. The fourth-order valence-electron chi connectivity index (χ4n) is 2.47. The Bertz CT molecular complexity index is 959. The summed E-state index contributed by atoms with van der Waals surface area (Å²) in [4.78, 5) is 16.8. The van der Waals surface area contributed by atoms with Gasteiger partial charge < -0.3 is 5.32 Å². The van der Waals surface area contributed by atoms with E-state index in [9.17, 15) is 22.4 Å². The standard InChI is InChI=1S/C20H16F4N2OS2/c21-15-5-1-13(2-6-15)11-25-18(27)17-19(26-12-29-17)28-10-9-20(23,24)14-3-7-16(22)8-4-14/h1-8,12H,9-11H2,(H,25,27). The number of thiazole rings is 1. The minimum Gasteiger partial charge on any atom is -0.347 e. The van der Waals surface area contributed by atoms with Crippen LogP contribution in [0.4, 0.5) is 17.6 Å². The summed E-state index contributed by atoms with van der Waals surface area (Å²) < 4.78 is 54.3. The van der Waals surface area contributed by atoms with Crippen LogP contribution < -0.4 is 5.32 Å². The van der Waals surface area contributed by atoms with Crippen molar-refractivity contribution in [3.63, 3.8) is 0 Å². The van der Waals surface area contributed by atoms with Crippen LogP contribution >= 0.6 is 23.1 Å². The van der Waals surface area contributed by atoms with E-state index in [-0.39, 0.29) is 29.6 Å². The van der Waals surface area contributed by atoms with Crippen molar-refractivity contribution in [3.8, 4) is 0 Å². The van der Waals surface area contributed by atoms with E-state index in [4.69, 9.17) is 0 Å². The summed E-state index contributed by atoms with van der Waals surface area (Å²) >= 11 is 2.18. The van der Waals surface area contributed by atoms with E-state index in [1.54, 1.807) is 12.1 Å². The number of rotatable bonds is 8. The van der Waals surface area contributed by atoms with Crippen LogP contribution in [0.3, 0.4) is 0 Å². The molecule has 0 atom stereocenters. The van der Waals surface area contributed by atoms with Crippen molar-refractivity contribution in [1.29, 1.82) is 0 Å². The molecule has 1 heterocycles. The monoisotopic (exact) mass is 440 g/mol. The normalized spacial score (nSPS) is 11.4. The summed E-state index contributed by atoms with van der Waals surface area (Å²) in [6.45, 7) is 0.212. The Morgan fingerprint density at radius 3 is 2.31 bits per heavy atom. The maximum atomic E-state index is 14.3. The number of thioether (sulfide) groups is 1. The molecule has 0 bridgehead atoms. The quantitative estimate of drug-likeness (QED) is 0.365. The molecule has 0 saturated heterocycles. The van der Waals surface area contributed by atoms with Crippen molar-refractivity contribution in [2.75, 3.05) is 5.75 Å². The van der Waals surface area contributed by atoms with Crippen molar-refractivity contribution < 1.29 is 22.4 Å². The zero-order valence-electron chi connectivity index (χ0n) is 15.0. The summed E-state index contributed by atoms with van der Waals surface area (Å²) in [7, 11) is 0. The molecule has 9 heteroatoms. The van der Waals surface area contributed by atoms with E-state index in [0.717, 1.165) is 52.9 Å². The lowest BCUT2D eigenvalue weighted by Gasteiger charge is -2.16. The zero-order valence-corrected chi connectivity index (χ0v) is 16.6. The molecule has 1 aromatic heterocycles. The summed E-state index contributed by atoms with van der Waals surface area (Å²) in [5, 5.41) is 3.09. The Kier molecular flexibility index (Phi) is 6.92. The summed E-state index contributed by atoms with van der Waals surface area (Å²) in [6, 6.07) is 9.87. The number of nitrogens with zero attached hydrogens (tertiary/aromatic N) is 1. The number of halogens is 4. The number of carbonyl (C=O) groups is 1. The Morgan fingerprint density at radius 1 is 1.03 bits per heavy atom. The van der Waals surface area contributed by atoms with Crippen LogP contribution in [0.1, 0.15) is 27.2 Å². The van der Waals surface area contributed by atoms with Crippen LogP contribution in [-0.2, 0) is 12.5 Å². The van der Waals surface area contributed by atoms with Crippen LogP contribution in [0.5, 0.6) is 0 Å².